The molecule has 1 atom stereocenters. The Morgan fingerprint density at radius 2 is 2.21 bits per heavy atom. The zero-order valence-corrected chi connectivity index (χ0v) is 11.2. The first-order valence-electron chi connectivity index (χ1n) is 6.47. The fourth-order valence-corrected chi connectivity index (χ4v) is 2.26. The molecule has 0 saturated carbocycles. The van der Waals surface area contributed by atoms with E-state index in [1.54, 1.807) is 24.3 Å². The number of carbonyl (C=O) groups excluding carboxylic acids is 2. The van der Waals surface area contributed by atoms with Crippen LogP contribution in [-0.2, 0) is 4.79 Å². The average Bonchev–Trinajstić information content (AvgIpc) is 2.85. The third kappa shape index (κ3) is 3.02. The normalized spacial score (nSPS) is 17.6. The van der Waals surface area contributed by atoms with E-state index in [1.807, 2.05) is 11.0 Å². The largest absolute Gasteiger partial charge is 0.329 e. The van der Waals surface area contributed by atoms with Crippen molar-refractivity contribution >= 4 is 17.5 Å². The van der Waals surface area contributed by atoms with Crippen LogP contribution in [0.25, 0.3) is 0 Å². The van der Waals surface area contributed by atoms with Gasteiger partial charge in [0.1, 0.15) is 0 Å². The third-order valence-corrected chi connectivity index (χ3v) is 3.17. The summed E-state index contributed by atoms with van der Waals surface area (Å²) in [5, 5.41) is 2.69. The predicted octanol–water partition coefficient (Wildman–Crippen LogP) is 2.44. The van der Waals surface area contributed by atoms with Crippen LogP contribution >= 0.6 is 0 Å². The SMILES string of the molecule is CCC1C=CCN1C(=O)c1cccc(NC(C)=O)c1. The first-order chi connectivity index (χ1) is 9.11. The summed E-state index contributed by atoms with van der Waals surface area (Å²) >= 11 is 0. The van der Waals surface area contributed by atoms with Gasteiger partial charge in [-0.25, -0.2) is 0 Å². The highest BCUT2D eigenvalue weighted by Gasteiger charge is 2.24. The fourth-order valence-electron chi connectivity index (χ4n) is 2.26. The number of rotatable bonds is 3. The van der Waals surface area contributed by atoms with Gasteiger partial charge in [0.25, 0.3) is 5.91 Å². The Bertz CT molecular complexity index is 523. The summed E-state index contributed by atoms with van der Waals surface area (Å²) in [6, 6.07) is 7.23. The van der Waals surface area contributed by atoms with E-state index in [9.17, 15) is 9.59 Å². The standard InChI is InChI=1S/C15H18N2O2/c1-3-14-8-5-9-17(14)15(19)12-6-4-7-13(10-12)16-11(2)18/h4-8,10,14H,3,9H2,1-2H3,(H,16,18). The summed E-state index contributed by atoms with van der Waals surface area (Å²) in [4.78, 5) is 25.3. The fraction of sp³-hybridized carbons (Fsp3) is 0.333. The summed E-state index contributed by atoms with van der Waals surface area (Å²) in [6.45, 7) is 4.17. The lowest BCUT2D eigenvalue weighted by Gasteiger charge is -2.23. The van der Waals surface area contributed by atoms with E-state index < -0.39 is 0 Å². The van der Waals surface area contributed by atoms with Gasteiger partial charge in [-0.15, -0.1) is 0 Å². The van der Waals surface area contributed by atoms with Crippen LogP contribution in [0, 0.1) is 0 Å². The Kier molecular flexibility index (Phi) is 4.00. The second-order valence-corrected chi connectivity index (χ2v) is 4.62. The zero-order chi connectivity index (χ0) is 13.8. The zero-order valence-electron chi connectivity index (χ0n) is 11.2. The molecule has 2 rings (SSSR count). The maximum absolute atomic E-state index is 12.4. The molecule has 1 unspecified atom stereocenters. The summed E-state index contributed by atoms with van der Waals surface area (Å²) < 4.78 is 0. The van der Waals surface area contributed by atoms with Crippen LogP contribution in [0.15, 0.2) is 36.4 Å². The molecular formula is C15H18N2O2. The van der Waals surface area contributed by atoms with Crippen molar-refractivity contribution in [1.82, 2.24) is 4.90 Å². The van der Waals surface area contributed by atoms with Gasteiger partial charge in [-0.2, -0.15) is 0 Å². The molecule has 0 aliphatic carbocycles. The van der Waals surface area contributed by atoms with Gasteiger partial charge in [0, 0.05) is 24.7 Å². The Morgan fingerprint density at radius 1 is 1.42 bits per heavy atom. The van der Waals surface area contributed by atoms with Crippen molar-refractivity contribution in [3.8, 4) is 0 Å². The van der Waals surface area contributed by atoms with E-state index in [0.29, 0.717) is 17.8 Å². The smallest absolute Gasteiger partial charge is 0.254 e. The predicted molar refractivity (Wildman–Crippen MR) is 75.0 cm³/mol. The van der Waals surface area contributed by atoms with Gasteiger partial charge < -0.3 is 10.2 Å². The van der Waals surface area contributed by atoms with Crippen molar-refractivity contribution in [1.29, 1.82) is 0 Å². The second kappa shape index (κ2) is 5.69. The van der Waals surface area contributed by atoms with Crippen molar-refractivity contribution in [2.75, 3.05) is 11.9 Å². The number of amides is 2. The molecule has 1 aliphatic heterocycles. The summed E-state index contributed by atoms with van der Waals surface area (Å²) in [5.74, 6) is -0.136. The monoisotopic (exact) mass is 258 g/mol. The number of anilines is 1. The Hall–Kier alpha value is -2.10. The summed E-state index contributed by atoms with van der Waals surface area (Å²) in [5.41, 5.74) is 1.26. The topological polar surface area (TPSA) is 49.4 Å². The van der Waals surface area contributed by atoms with E-state index in [-0.39, 0.29) is 17.9 Å². The molecule has 0 radical (unpaired) electrons. The molecule has 0 saturated heterocycles. The third-order valence-electron chi connectivity index (χ3n) is 3.17. The molecule has 0 fully saturated rings. The van der Waals surface area contributed by atoms with Gasteiger partial charge in [-0.3, -0.25) is 9.59 Å². The molecule has 100 valence electrons. The van der Waals surface area contributed by atoms with Crippen LogP contribution in [-0.4, -0.2) is 29.3 Å². The van der Waals surface area contributed by atoms with E-state index in [4.69, 9.17) is 0 Å². The van der Waals surface area contributed by atoms with Crippen molar-refractivity contribution in [2.24, 2.45) is 0 Å². The lowest BCUT2D eigenvalue weighted by Crippen LogP contribution is -2.35. The number of carbonyl (C=O) groups is 2. The summed E-state index contributed by atoms with van der Waals surface area (Å²) in [6.07, 6.45) is 4.99. The number of hydrogen-bond donors (Lipinski definition) is 1. The number of hydrogen-bond acceptors (Lipinski definition) is 2. The highest BCUT2D eigenvalue weighted by atomic mass is 16.2. The molecule has 0 spiro atoms. The Balaban J connectivity index is 2.17. The van der Waals surface area contributed by atoms with E-state index in [0.717, 1.165) is 6.42 Å². The highest BCUT2D eigenvalue weighted by molar-refractivity contribution is 5.97. The second-order valence-electron chi connectivity index (χ2n) is 4.62. The van der Waals surface area contributed by atoms with Crippen molar-refractivity contribution < 1.29 is 9.59 Å². The van der Waals surface area contributed by atoms with E-state index in [1.165, 1.54) is 6.92 Å². The van der Waals surface area contributed by atoms with Crippen LogP contribution in [0.4, 0.5) is 5.69 Å². The minimum atomic E-state index is -0.140. The molecule has 1 aromatic carbocycles. The molecule has 4 heteroatoms. The van der Waals surface area contributed by atoms with Crippen LogP contribution in [0.1, 0.15) is 30.6 Å². The van der Waals surface area contributed by atoms with Crippen molar-refractivity contribution in [2.45, 2.75) is 26.3 Å². The number of benzene rings is 1. The molecule has 0 aromatic heterocycles. The van der Waals surface area contributed by atoms with Gasteiger partial charge in [0.2, 0.25) is 5.91 Å². The first-order valence-corrected chi connectivity index (χ1v) is 6.47. The molecule has 0 bridgehead atoms. The van der Waals surface area contributed by atoms with E-state index in [2.05, 4.69) is 18.3 Å². The molecule has 19 heavy (non-hydrogen) atoms. The number of nitrogens with zero attached hydrogens (tertiary/aromatic N) is 1. The van der Waals surface area contributed by atoms with Crippen LogP contribution in [0.3, 0.4) is 0 Å². The highest BCUT2D eigenvalue weighted by Crippen LogP contribution is 2.19. The van der Waals surface area contributed by atoms with Crippen LogP contribution < -0.4 is 5.32 Å². The molecule has 1 heterocycles. The Morgan fingerprint density at radius 3 is 2.89 bits per heavy atom. The molecule has 1 N–H and O–H groups in total. The summed E-state index contributed by atoms with van der Waals surface area (Å²) in [7, 11) is 0. The van der Waals surface area contributed by atoms with Gasteiger partial charge in [0.15, 0.2) is 0 Å². The molecule has 1 aromatic rings. The minimum absolute atomic E-state index is 0.00375. The Labute approximate surface area is 113 Å². The van der Waals surface area contributed by atoms with Crippen LogP contribution in [0.5, 0.6) is 0 Å². The molecule has 2 amide bonds. The van der Waals surface area contributed by atoms with Crippen LogP contribution in [0.2, 0.25) is 0 Å². The van der Waals surface area contributed by atoms with Gasteiger partial charge in [-0.05, 0) is 24.6 Å². The van der Waals surface area contributed by atoms with Gasteiger partial charge in [0.05, 0.1) is 6.04 Å². The first kappa shape index (κ1) is 13.3. The lowest BCUT2D eigenvalue weighted by atomic mass is 10.1. The molecule has 1 aliphatic rings. The molecular weight excluding hydrogens is 240 g/mol. The quantitative estimate of drug-likeness (QED) is 0.846. The van der Waals surface area contributed by atoms with Gasteiger partial charge in [-0.1, -0.05) is 25.1 Å². The van der Waals surface area contributed by atoms with Crippen molar-refractivity contribution in [3.63, 3.8) is 0 Å². The van der Waals surface area contributed by atoms with Crippen molar-refractivity contribution in [3.05, 3.63) is 42.0 Å². The minimum Gasteiger partial charge on any atom is -0.329 e. The maximum Gasteiger partial charge on any atom is 0.254 e. The maximum atomic E-state index is 12.4. The molecule has 4 nitrogen and oxygen atoms in total. The lowest BCUT2D eigenvalue weighted by molar-refractivity contribution is -0.114. The average molecular weight is 258 g/mol. The van der Waals surface area contributed by atoms with Gasteiger partial charge >= 0.3 is 0 Å². The van der Waals surface area contributed by atoms with E-state index >= 15 is 0 Å². The number of nitrogens with one attached hydrogen (secondary N) is 1.